The summed E-state index contributed by atoms with van der Waals surface area (Å²) in [6, 6.07) is 4.43. The van der Waals surface area contributed by atoms with Crippen LogP contribution in [0.3, 0.4) is 0 Å². The van der Waals surface area contributed by atoms with Crippen LogP contribution < -0.4 is 14.2 Å². The fourth-order valence-corrected chi connectivity index (χ4v) is 3.56. The Kier molecular flexibility index (Phi) is 8.75. The number of aromatic hydroxyl groups is 2. The lowest BCUT2D eigenvalue weighted by atomic mass is 9.99. The van der Waals surface area contributed by atoms with Gasteiger partial charge in [0.25, 0.3) is 0 Å². The summed E-state index contributed by atoms with van der Waals surface area (Å²) in [5.41, 5.74) is 0.590. The molecule has 0 aliphatic heterocycles. The SMILES string of the molecule is CCCCCc1cc(O)c(OC(=O)c2c(CCC)cc(OC)cc2OC)c(O)c1C(=O)O. The number of methoxy groups -OCH3 is 2. The van der Waals surface area contributed by atoms with Crippen LogP contribution in [0.25, 0.3) is 0 Å². The third-order valence-corrected chi connectivity index (χ3v) is 5.11. The molecule has 174 valence electrons. The van der Waals surface area contributed by atoms with E-state index in [0.29, 0.717) is 30.6 Å². The summed E-state index contributed by atoms with van der Waals surface area (Å²) in [6.45, 7) is 3.95. The second-order valence-corrected chi connectivity index (χ2v) is 7.37. The zero-order valence-corrected chi connectivity index (χ0v) is 18.9. The fraction of sp³-hybridized carbons (Fsp3) is 0.417. The molecule has 0 spiro atoms. The molecular formula is C24H30O8. The molecule has 0 fully saturated rings. The molecule has 0 aliphatic rings. The summed E-state index contributed by atoms with van der Waals surface area (Å²) in [6.07, 6.45) is 4.10. The molecule has 8 nitrogen and oxygen atoms in total. The number of unbranched alkanes of at least 4 members (excludes halogenated alkanes) is 2. The molecule has 0 aromatic heterocycles. The minimum atomic E-state index is -1.38. The normalized spacial score (nSPS) is 10.6. The molecule has 0 atom stereocenters. The lowest BCUT2D eigenvalue weighted by molar-refractivity contribution is 0.0676. The third kappa shape index (κ3) is 5.43. The van der Waals surface area contributed by atoms with Crippen molar-refractivity contribution in [1.82, 2.24) is 0 Å². The summed E-state index contributed by atoms with van der Waals surface area (Å²) in [4.78, 5) is 24.8. The summed E-state index contributed by atoms with van der Waals surface area (Å²) in [5, 5.41) is 30.6. The van der Waals surface area contributed by atoms with Gasteiger partial charge in [-0.2, -0.15) is 0 Å². The van der Waals surface area contributed by atoms with E-state index in [4.69, 9.17) is 14.2 Å². The van der Waals surface area contributed by atoms with Crippen LogP contribution in [0.4, 0.5) is 0 Å². The molecule has 32 heavy (non-hydrogen) atoms. The topological polar surface area (TPSA) is 123 Å². The molecule has 0 aliphatic carbocycles. The quantitative estimate of drug-likeness (QED) is 0.257. The van der Waals surface area contributed by atoms with Crippen LogP contribution in [0.1, 0.15) is 71.4 Å². The van der Waals surface area contributed by atoms with Crippen LogP contribution in [0.5, 0.6) is 28.7 Å². The highest BCUT2D eigenvalue weighted by Crippen LogP contribution is 2.42. The van der Waals surface area contributed by atoms with Gasteiger partial charge in [0, 0.05) is 6.07 Å². The van der Waals surface area contributed by atoms with Gasteiger partial charge in [0.05, 0.1) is 14.2 Å². The summed E-state index contributed by atoms with van der Waals surface area (Å²) in [5.74, 6) is -3.48. The Labute approximate surface area is 187 Å². The number of carbonyl (C=O) groups excluding carboxylic acids is 1. The number of rotatable bonds is 11. The van der Waals surface area contributed by atoms with E-state index in [1.807, 2.05) is 13.8 Å². The molecule has 0 bridgehead atoms. The van der Waals surface area contributed by atoms with E-state index in [-0.39, 0.29) is 16.9 Å². The molecule has 0 unspecified atom stereocenters. The molecule has 0 saturated heterocycles. The van der Waals surface area contributed by atoms with Gasteiger partial charge in [-0.25, -0.2) is 9.59 Å². The molecule has 3 N–H and O–H groups in total. The average Bonchev–Trinajstić information content (AvgIpc) is 2.75. The second-order valence-electron chi connectivity index (χ2n) is 7.37. The van der Waals surface area contributed by atoms with E-state index in [1.54, 1.807) is 6.07 Å². The van der Waals surface area contributed by atoms with Gasteiger partial charge >= 0.3 is 11.9 Å². The van der Waals surface area contributed by atoms with Gasteiger partial charge in [0.15, 0.2) is 11.5 Å². The van der Waals surface area contributed by atoms with E-state index in [1.165, 1.54) is 26.4 Å². The van der Waals surface area contributed by atoms with Crippen molar-refractivity contribution in [3.63, 3.8) is 0 Å². The Morgan fingerprint density at radius 3 is 2.12 bits per heavy atom. The Hall–Kier alpha value is -3.42. The zero-order valence-electron chi connectivity index (χ0n) is 18.9. The Morgan fingerprint density at radius 2 is 1.56 bits per heavy atom. The van der Waals surface area contributed by atoms with Gasteiger partial charge in [-0.3, -0.25) is 0 Å². The van der Waals surface area contributed by atoms with Gasteiger partial charge in [-0.1, -0.05) is 33.1 Å². The van der Waals surface area contributed by atoms with Crippen molar-refractivity contribution in [3.8, 4) is 28.7 Å². The van der Waals surface area contributed by atoms with Gasteiger partial charge in [0.2, 0.25) is 5.75 Å². The summed E-state index contributed by atoms with van der Waals surface area (Å²) in [7, 11) is 2.89. The summed E-state index contributed by atoms with van der Waals surface area (Å²) >= 11 is 0. The number of benzene rings is 2. The maximum absolute atomic E-state index is 13.1. The molecule has 8 heteroatoms. The largest absolute Gasteiger partial charge is 0.504 e. The molecule has 0 radical (unpaired) electrons. The Balaban J connectivity index is 2.52. The van der Waals surface area contributed by atoms with Crippen LogP contribution in [0.15, 0.2) is 18.2 Å². The van der Waals surface area contributed by atoms with Gasteiger partial charge in [-0.05, 0) is 42.5 Å². The highest BCUT2D eigenvalue weighted by molar-refractivity contribution is 5.98. The van der Waals surface area contributed by atoms with Crippen molar-refractivity contribution in [2.45, 2.75) is 52.4 Å². The number of phenolic OH excluding ortho intramolecular Hbond substituents is 1. The Morgan fingerprint density at radius 1 is 0.875 bits per heavy atom. The predicted molar refractivity (Wildman–Crippen MR) is 118 cm³/mol. The monoisotopic (exact) mass is 446 g/mol. The number of aromatic carboxylic acids is 1. The van der Waals surface area contributed by atoms with Crippen molar-refractivity contribution >= 4 is 11.9 Å². The number of aryl methyl sites for hydroxylation is 2. The highest BCUT2D eigenvalue weighted by Gasteiger charge is 2.28. The van der Waals surface area contributed by atoms with Crippen LogP contribution in [0.2, 0.25) is 0 Å². The first-order valence-electron chi connectivity index (χ1n) is 10.6. The fourth-order valence-electron chi connectivity index (χ4n) is 3.56. The number of phenols is 2. The van der Waals surface area contributed by atoms with Crippen LogP contribution >= 0.6 is 0 Å². The first-order valence-corrected chi connectivity index (χ1v) is 10.6. The first kappa shape index (κ1) is 24.8. The molecular weight excluding hydrogens is 416 g/mol. The molecule has 2 aromatic carbocycles. The summed E-state index contributed by atoms with van der Waals surface area (Å²) < 4.78 is 15.9. The van der Waals surface area contributed by atoms with Gasteiger partial charge < -0.3 is 29.5 Å². The maximum Gasteiger partial charge on any atom is 0.347 e. The van der Waals surface area contributed by atoms with E-state index >= 15 is 0 Å². The molecule has 2 rings (SSSR count). The van der Waals surface area contributed by atoms with Crippen LogP contribution in [-0.2, 0) is 12.8 Å². The Bertz CT molecular complexity index is 981. The van der Waals surface area contributed by atoms with Crippen molar-refractivity contribution in [3.05, 3.63) is 40.5 Å². The number of hydrogen-bond donors (Lipinski definition) is 3. The van der Waals surface area contributed by atoms with E-state index < -0.39 is 34.8 Å². The van der Waals surface area contributed by atoms with E-state index in [0.717, 1.165) is 19.3 Å². The number of ether oxygens (including phenoxy) is 3. The van der Waals surface area contributed by atoms with Crippen LogP contribution in [-0.4, -0.2) is 41.5 Å². The van der Waals surface area contributed by atoms with Crippen LogP contribution in [0, 0.1) is 0 Å². The van der Waals surface area contributed by atoms with Gasteiger partial charge in [-0.15, -0.1) is 0 Å². The molecule has 0 amide bonds. The van der Waals surface area contributed by atoms with Crippen molar-refractivity contribution in [2.24, 2.45) is 0 Å². The van der Waals surface area contributed by atoms with E-state index in [2.05, 4.69) is 0 Å². The van der Waals surface area contributed by atoms with E-state index in [9.17, 15) is 24.9 Å². The van der Waals surface area contributed by atoms with Crippen molar-refractivity contribution in [2.75, 3.05) is 14.2 Å². The molecule has 2 aromatic rings. The average molecular weight is 446 g/mol. The standard InChI is InChI=1S/C24H30O8/c1-5-7-8-10-15-12-17(25)22(21(26)20(15)23(27)28)32-24(29)19-14(9-6-2)11-16(30-3)13-18(19)31-4/h11-13,25-26H,5-10H2,1-4H3,(H,27,28). The number of carbonyl (C=O) groups is 2. The lowest BCUT2D eigenvalue weighted by Crippen LogP contribution is -2.15. The lowest BCUT2D eigenvalue weighted by Gasteiger charge is -2.17. The minimum absolute atomic E-state index is 0.109. The number of hydrogen-bond acceptors (Lipinski definition) is 7. The van der Waals surface area contributed by atoms with Gasteiger partial charge in [0.1, 0.15) is 22.6 Å². The second kappa shape index (κ2) is 11.3. The smallest absolute Gasteiger partial charge is 0.347 e. The third-order valence-electron chi connectivity index (χ3n) is 5.11. The highest BCUT2D eigenvalue weighted by atomic mass is 16.6. The maximum atomic E-state index is 13.1. The van der Waals surface area contributed by atoms with Crippen molar-refractivity contribution in [1.29, 1.82) is 0 Å². The zero-order chi connectivity index (χ0) is 23.8. The predicted octanol–water partition coefficient (Wildman–Crippen LogP) is 4.72. The number of carboxylic acids is 1. The van der Waals surface area contributed by atoms with Crippen molar-refractivity contribution < 1.29 is 39.1 Å². The number of esters is 1. The first-order chi connectivity index (χ1) is 15.3. The molecule has 0 saturated carbocycles. The molecule has 0 heterocycles. The minimum Gasteiger partial charge on any atom is -0.504 e. The number of carboxylic acid groups (broad SMARTS) is 1.